The highest BCUT2D eigenvalue weighted by molar-refractivity contribution is 7.89. The van der Waals surface area contributed by atoms with E-state index in [1.54, 1.807) is 7.05 Å². The average Bonchev–Trinajstić information content (AvgIpc) is 2.85. The van der Waals surface area contributed by atoms with Crippen LogP contribution in [-0.4, -0.2) is 60.4 Å². The van der Waals surface area contributed by atoms with Crippen LogP contribution in [-0.2, 0) is 17.1 Å². The van der Waals surface area contributed by atoms with Crippen LogP contribution in [0.3, 0.4) is 0 Å². The highest BCUT2D eigenvalue weighted by Crippen LogP contribution is 2.25. The lowest BCUT2D eigenvalue weighted by atomic mass is 10.2. The minimum absolute atomic E-state index is 0.0609. The van der Waals surface area contributed by atoms with Gasteiger partial charge in [-0.1, -0.05) is 0 Å². The SMILES string of the molecule is CN(C)C1CCN(S(=O)(=O)c2c(N)ncn2C)C1. The Morgan fingerprint density at radius 3 is 2.61 bits per heavy atom. The quantitative estimate of drug-likeness (QED) is 0.789. The Labute approximate surface area is 107 Å². The van der Waals surface area contributed by atoms with Crippen LogP contribution in [0.15, 0.2) is 11.4 Å². The molecular weight excluding hydrogens is 254 g/mol. The van der Waals surface area contributed by atoms with E-state index in [9.17, 15) is 8.42 Å². The lowest BCUT2D eigenvalue weighted by molar-refractivity contribution is 0.302. The third-order valence-corrected chi connectivity index (χ3v) is 5.35. The number of rotatable bonds is 3. The number of nitrogens with two attached hydrogens (primary N) is 1. The molecule has 0 aromatic carbocycles. The number of hydrogen-bond donors (Lipinski definition) is 1. The maximum Gasteiger partial charge on any atom is 0.262 e. The second kappa shape index (κ2) is 4.52. The topological polar surface area (TPSA) is 84.5 Å². The fourth-order valence-electron chi connectivity index (χ4n) is 2.22. The fraction of sp³-hybridized carbons (Fsp3) is 0.700. The Kier molecular flexibility index (Phi) is 3.35. The van der Waals surface area contributed by atoms with Crippen molar-refractivity contribution in [2.45, 2.75) is 17.5 Å². The fourth-order valence-corrected chi connectivity index (χ4v) is 3.91. The molecule has 0 aliphatic carbocycles. The first-order valence-electron chi connectivity index (χ1n) is 5.77. The number of nitrogen functional groups attached to an aromatic ring is 1. The molecule has 18 heavy (non-hydrogen) atoms. The van der Waals surface area contributed by atoms with E-state index in [-0.39, 0.29) is 16.9 Å². The van der Waals surface area contributed by atoms with Gasteiger partial charge in [0, 0.05) is 26.2 Å². The first-order chi connectivity index (χ1) is 8.34. The molecule has 2 rings (SSSR count). The largest absolute Gasteiger partial charge is 0.381 e. The summed E-state index contributed by atoms with van der Waals surface area (Å²) in [6.07, 6.45) is 2.26. The summed E-state index contributed by atoms with van der Waals surface area (Å²) >= 11 is 0. The summed E-state index contributed by atoms with van der Waals surface area (Å²) in [6.45, 7) is 1.02. The van der Waals surface area contributed by atoms with E-state index in [4.69, 9.17) is 5.73 Å². The van der Waals surface area contributed by atoms with Gasteiger partial charge in [-0.15, -0.1) is 0 Å². The molecular formula is C10H19N5O2S. The van der Waals surface area contributed by atoms with Crippen LogP contribution in [0.2, 0.25) is 0 Å². The monoisotopic (exact) mass is 273 g/mol. The Morgan fingerprint density at radius 2 is 2.17 bits per heavy atom. The molecule has 1 aliphatic rings. The zero-order valence-electron chi connectivity index (χ0n) is 10.9. The smallest absolute Gasteiger partial charge is 0.262 e. The molecule has 1 atom stereocenters. The third kappa shape index (κ3) is 2.11. The number of aromatic nitrogens is 2. The molecule has 8 heteroatoms. The first-order valence-corrected chi connectivity index (χ1v) is 7.21. The maximum absolute atomic E-state index is 12.5. The lowest BCUT2D eigenvalue weighted by Crippen LogP contribution is -2.35. The van der Waals surface area contributed by atoms with Crippen LogP contribution < -0.4 is 5.73 Å². The van der Waals surface area contributed by atoms with E-state index in [2.05, 4.69) is 4.98 Å². The van der Waals surface area contributed by atoms with Crippen LogP contribution >= 0.6 is 0 Å². The van der Waals surface area contributed by atoms with Crippen molar-refractivity contribution in [2.75, 3.05) is 32.9 Å². The predicted octanol–water partition coefficient (Wildman–Crippen LogP) is -0.673. The van der Waals surface area contributed by atoms with Crippen LogP contribution in [0.1, 0.15) is 6.42 Å². The van der Waals surface area contributed by atoms with E-state index in [0.29, 0.717) is 13.1 Å². The number of likely N-dealkylation sites (N-methyl/N-ethyl adjacent to an activating group) is 1. The Morgan fingerprint density at radius 1 is 1.50 bits per heavy atom. The minimum atomic E-state index is -3.54. The zero-order chi connectivity index (χ0) is 13.5. The van der Waals surface area contributed by atoms with Crippen molar-refractivity contribution in [3.63, 3.8) is 0 Å². The number of anilines is 1. The minimum Gasteiger partial charge on any atom is -0.381 e. The molecule has 0 bridgehead atoms. The Hall–Kier alpha value is -1.12. The molecule has 1 aromatic heterocycles. The van der Waals surface area contributed by atoms with Crippen molar-refractivity contribution < 1.29 is 8.42 Å². The van der Waals surface area contributed by atoms with Gasteiger partial charge in [-0.2, -0.15) is 4.31 Å². The van der Waals surface area contributed by atoms with Gasteiger partial charge >= 0.3 is 0 Å². The van der Waals surface area contributed by atoms with Crippen molar-refractivity contribution in [3.05, 3.63) is 6.33 Å². The molecule has 2 heterocycles. The summed E-state index contributed by atoms with van der Waals surface area (Å²) in [7, 11) is 2.01. The molecule has 0 amide bonds. The molecule has 102 valence electrons. The number of nitrogens with zero attached hydrogens (tertiary/aromatic N) is 4. The van der Waals surface area contributed by atoms with Gasteiger partial charge in [-0.05, 0) is 20.5 Å². The molecule has 2 N–H and O–H groups in total. The van der Waals surface area contributed by atoms with Crippen molar-refractivity contribution >= 4 is 15.8 Å². The molecule has 1 aliphatic heterocycles. The van der Waals surface area contributed by atoms with Gasteiger partial charge in [0.2, 0.25) is 0 Å². The van der Waals surface area contributed by atoms with Crippen molar-refractivity contribution in [3.8, 4) is 0 Å². The van der Waals surface area contributed by atoms with Gasteiger partial charge in [-0.25, -0.2) is 13.4 Å². The van der Waals surface area contributed by atoms with Crippen LogP contribution in [0.5, 0.6) is 0 Å². The molecule has 0 saturated carbocycles. The molecule has 1 saturated heterocycles. The van der Waals surface area contributed by atoms with Crippen LogP contribution in [0, 0.1) is 0 Å². The van der Waals surface area contributed by atoms with E-state index in [1.165, 1.54) is 15.2 Å². The van der Waals surface area contributed by atoms with Gasteiger partial charge in [0.25, 0.3) is 10.0 Å². The normalized spacial score (nSPS) is 21.9. The number of imidazole rings is 1. The van der Waals surface area contributed by atoms with Gasteiger partial charge in [0.05, 0.1) is 6.33 Å². The van der Waals surface area contributed by atoms with Crippen molar-refractivity contribution in [1.82, 2.24) is 18.8 Å². The van der Waals surface area contributed by atoms with Gasteiger partial charge in [-0.3, -0.25) is 0 Å². The van der Waals surface area contributed by atoms with Gasteiger partial charge in [0.15, 0.2) is 10.8 Å². The summed E-state index contributed by atoms with van der Waals surface area (Å²) in [6, 6.07) is 0.259. The molecule has 0 spiro atoms. The third-order valence-electron chi connectivity index (χ3n) is 3.35. The van der Waals surface area contributed by atoms with Crippen LogP contribution in [0.4, 0.5) is 5.82 Å². The summed E-state index contributed by atoms with van der Waals surface area (Å²) in [5.41, 5.74) is 5.64. The Bertz CT molecular complexity index is 517. The second-order valence-corrected chi connectivity index (χ2v) is 6.67. The van der Waals surface area contributed by atoms with E-state index in [1.807, 2.05) is 19.0 Å². The Balaban J connectivity index is 2.29. The highest BCUT2D eigenvalue weighted by atomic mass is 32.2. The lowest BCUT2D eigenvalue weighted by Gasteiger charge is -2.20. The summed E-state index contributed by atoms with van der Waals surface area (Å²) < 4.78 is 27.9. The van der Waals surface area contributed by atoms with Crippen molar-refractivity contribution in [2.24, 2.45) is 7.05 Å². The first kappa shape index (κ1) is 13.3. The van der Waals surface area contributed by atoms with E-state index >= 15 is 0 Å². The molecule has 1 unspecified atom stereocenters. The summed E-state index contributed by atoms with van der Waals surface area (Å²) in [5.74, 6) is 0.0609. The van der Waals surface area contributed by atoms with E-state index in [0.717, 1.165) is 6.42 Å². The highest BCUT2D eigenvalue weighted by Gasteiger charge is 2.36. The van der Waals surface area contributed by atoms with Crippen molar-refractivity contribution in [1.29, 1.82) is 0 Å². The predicted molar refractivity (Wildman–Crippen MR) is 68.5 cm³/mol. The molecule has 7 nitrogen and oxygen atoms in total. The number of sulfonamides is 1. The summed E-state index contributed by atoms with van der Waals surface area (Å²) in [5, 5.41) is 0.0851. The molecule has 0 radical (unpaired) electrons. The average molecular weight is 273 g/mol. The standard InChI is InChI=1S/C10H19N5O2S/c1-13(2)8-4-5-15(6-8)18(16,17)10-9(11)12-7-14(10)3/h7-8H,4-6,11H2,1-3H3. The van der Waals surface area contributed by atoms with Gasteiger partial charge < -0.3 is 15.2 Å². The molecule has 1 fully saturated rings. The van der Waals surface area contributed by atoms with Gasteiger partial charge in [0.1, 0.15) is 0 Å². The number of aryl methyl sites for hydroxylation is 1. The zero-order valence-corrected chi connectivity index (χ0v) is 11.7. The summed E-state index contributed by atoms with van der Waals surface area (Å²) in [4.78, 5) is 5.88. The van der Waals surface area contributed by atoms with E-state index < -0.39 is 10.0 Å². The van der Waals surface area contributed by atoms with Crippen LogP contribution in [0.25, 0.3) is 0 Å². The maximum atomic E-state index is 12.5. The molecule has 1 aromatic rings. The number of hydrogen-bond acceptors (Lipinski definition) is 5. The second-order valence-electron chi connectivity index (χ2n) is 4.82.